The van der Waals surface area contributed by atoms with Gasteiger partial charge in [-0.05, 0) is 26.2 Å². The third kappa shape index (κ3) is 3.40. The highest BCUT2D eigenvalue weighted by Gasteiger charge is 2.36. The molecule has 2 aliphatic rings. The summed E-state index contributed by atoms with van der Waals surface area (Å²) in [5.74, 6) is -0.717. The van der Waals surface area contributed by atoms with Crippen LogP contribution >= 0.6 is 0 Å². The molecule has 0 saturated carbocycles. The Hall–Kier alpha value is -1.92. The minimum absolute atomic E-state index is 0.105. The van der Waals surface area contributed by atoms with Crippen LogP contribution in [0, 0.1) is 0 Å². The molecule has 2 heterocycles. The number of carbonyl (C=O) groups excluding carboxylic acids is 3. The van der Waals surface area contributed by atoms with Crippen molar-refractivity contribution >= 4 is 23.5 Å². The predicted octanol–water partition coefficient (Wildman–Crippen LogP) is 0.539. The molecule has 7 nitrogen and oxygen atoms in total. The Kier molecular flexibility index (Phi) is 4.93. The Balaban J connectivity index is 2.13. The van der Waals surface area contributed by atoms with Gasteiger partial charge in [-0.15, -0.1) is 0 Å². The zero-order valence-electron chi connectivity index (χ0n) is 12.5. The standard InChI is InChI=1S/C14H21N3O4/c1-3-21-14(20)11-6-4-5-9-17(11)13(19)10-7-8-12(18)16(2)15-10/h11H,3-9H2,1-2H3/t11-/m0/s1. The van der Waals surface area contributed by atoms with Gasteiger partial charge in [-0.2, -0.15) is 5.10 Å². The first kappa shape index (κ1) is 15.5. The van der Waals surface area contributed by atoms with Crippen molar-refractivity contribution in [3.63, 3.8) is 0 Å². The van der Waals surface area contributed by atoms with Crippen LogP contribution in [0.4, 0.5) is 0 Å². The first-order chi connectivity index (χ1) is 10.0. The quantitative estimate of drug-likeness (QED) is 0.712. The summed E-state index contributed by atoms with van der Waals surface area (Å²) in [5.41, 5.74) is 0.341. The van der Waals surface area contributed by atoms with Crippen LogP contribution in [0.3, 0.4) is 0 Å². The maximum atomic E-state index is 12.6. The highest BCUT2D eigenvalue weighted by Crippen LogP contribution is 2.20. The Morgan fingerprint density at radius 1 is 1.33 bits per heavy atom. The molecule has 2 amide bonds. The zero-order chi connectivity index (χ0) is 15.4. The number of rotatable bonds is 3. The van der Waals surface area contributed by atoms with Gasteiger partial charge in [-0.25, -0.2) is 9.80 Å². The molecule has 0 aliphatic carbocycles. The lowest BCUT2D eigenvalue weighted by atomic mass is 10.0. The molecule has 2 rings (SSSR count). The molecule has 0 N–H and O–H groups in total. The van der Waals surface area contributed by atoms with Crippen molar-refractivity contribution in [2.24, 2.45) is 5.10 Å². The smallest absolute Gasteiger partial charge is 0.328 e. The van der Waals surface area contributed by atoms with E-state index in [0.717, 1.165) is 12.8 Å². The second kappa shape index (κ2) is 6.69. The van der Waals surface area contributed by atoms with Crippen LogP contribution in [0.5, 0.6) is 0 Å². The van der Waals surface area contributed by atoms with Gasteiger partial charge >= 0.3 is 5.97 Å². The number of hydrogen-bond donors (Lipinski definition) is 0. The molecule has 0 radical (unpaired) electrons. The van der Waals surface area contributed by atoms with Crippen LogP contribution in [0.15, 0.2) is 5.10 Å². The van der Waals surface area contributed by atoms with Crippen LogP contribution in [0.2, 0.25) is 0 Å². The van der Waals surface area contributed by atoms with Gasteiger partial charge in [0.1, 0.15) is 11.8 Å². The molecule has 0 aromatic rings. The van der Waals surface area contributed by atoms with E-state index < -0.39 is 6.04 Å². The zero-order valence-corrected chi connectivity index (χ0v) is 12.5. The molecular formula is C14H21N3O4. The second-order valence-electron chi connectivity index (χ2n) is 5.23. The van der Waals surface area contributed by atoms with Gasteiger partial charge < -0.3 is 9.64 Å². The van der Waals surface area contributed by atoms with Gasteiger partial charge in [0.2, 0.25) is 5.91 Å². The lowest BCUT2D eigenvalue weighted by Crippen LogP contribution is -2.51. The SMILES string of the molecule is CCOC(=O)[C@@H]1CCCCN1C(=O)C1=NN(C)C(=O)CC1. The van der Waals surface area contributed by atoms with E-state index >= 15 is 0 Å². The first-order valence-electron chi connectivity index (χ1n) is 7.36. The highest BCUT2D eigenvalue weighted by atomic mass is 16.5. The first-order valence-corrected chi connectivity index (χ1v) is 7.36. The summed E-state index contributed by atoms with van der Waals surface area (Å²) in [6.07, 6.45) is 2.99. The van der Waals surface area contributed by atoms with Crippen LogP contribution in [-0.2, 0) is 19.1 Å². The Bertz CT molecular complexity index is 475. The number of ether oxygens (including phenoxy) is 1. The average Bonchev–Trinajstić information content (AvgIpc) is 2.49. The fraction of sp³-hybridized carbons (Fsp3) is 0.714. The Morgan fingerprint density at radius 3 is 2.76 bits per heavy atom. The molecule has 2 aliphatic heterocycles. The van der Waals surface area contributed by atoms with Gasteiger partial charge in [0.15, 0.2) is 0 Å². The van der Waals surface area contributed by atoms with Crippen molar-refractivity contribution < 1.29 is 19.1 Å². The number of esters is 1. The largest absolute Gasteiger partial charge is 0.464 e. The van der Waals surface area contributed by atoms with Gasteiger partial charge in [0.25, 0.3) is 5.91 Å². The number of likely N-dealkylation sites (tertiary alicyclic amines) is 1. The van der Waals surface area contributed by atoms with Gasteiger partial charge in [-0.1, -0.05) is 0 Å². The molecule has 0 spiro atoms. The van der Waals surface area contributed by atoms with Gasteiger partial charge in [0, 0.05) is 26.4 Å². The van der Waals surface area contributed by atoms with Crippen molar-refractivity contribution in [3.8, 4) is 0 Å². The summed E-state index contributed by atoms with van der Waals surface area (Å²) < 4.78 is 5.05. The Labute approximate surface area is 123 Å². The monoisotopic (exact) mass is 295 g/mol. The van der Waals surface area contributed by atoms with Crippen LogP contribution in [0.25, 0.3) is 0 Å². The van der Waals surface area contributed by atoms with Crippen molar-refractivity contribution in [3.05, 3.63) is 0 Å². The molecule has 0 bridgehead atoms. The summed E-state index contributed by atoms with van der Waals surface area (Å²) in [7, 11) is 1.54. The van der Waals surface area contributed by atoms with Crippen LogP contribution in [-0.4, -0.2) is 59.6 Å². The fourth-order valence-electron chi connectivity index (χ4n) is 2.65. The maximum Gasteiger partial charge on any atom is 0.328 e. The fourth-order valence-corrected chi connectivity index (χ4v) is 2.65. The Morgan fingerprint density at radius 2 is 2.10 bits per heavy atom. The molecule has 0 unspecified atom stereocenters. The second-order valence-corrected chi connectivity index (χ2v) is 5.23. The molecule has 1 fully saturated rings. The minimum atomic E-state index is -0.531. The molecule has 0 aromatic carbocycles. The number of piperidine rings is 1. The van der Waals surface area contributed by atoms with Crippen LogP contribution < -0.4 is 0 Å². The normalized spacial score (nSPS) is 22.9. The molecule has 7 heteroatoms. The summed E-state index contributed by atoms with van der Waals surface area (Å²) >= 11 is 0. The van der Waals surface area contributed by atoms with Crippen LogP contribution in [0.1, 0.15) is 39.0 Å². The number of nitrogens with zero attached hydrogens (tertiary/aromatic N) is 3. The van der Waals surface area contributed by atoms with E-state index in [-0.39, 0.29) is 24.2 Å². The maximum absolute atomic E-state index is 12.6. The summed E-state index contributed by atoms with van der Waals surface area (Å²) in [6, 6.07) is -0.531. The van der Waals surface area contributed by atoms with E-state index in [1.807, 2.05) is 0 Å². The van der Waals surface area contributed by atoms with Crippen molar-refractivity contribution in [1.82, 2.24) is 9.91 Å². The summed E-state index contributed by atoms with van der Waals surface area (Å²) in [6.45, 7) is 2.58. The van der Waals surface area contributed by atoms with Gasteiger partial charge in [0.05, 0.1) is 6.61 Å². The average molecular weight is 295 g/mol. The highest BCUT2D eigenvalue weighted by molar-refractivity contribution is 6.39. The predicted molar refractivity (Wildman–Crippen MR) is 75.4 cm³/mol. The lowest BCUT2D eigenvalue weighted by molar-refractivity contribution is -0.154. The van der Waals surface area contributed by atoms with E-state index in [9.17, 15) is 14.4 Å². The summed E-state index contributed by atoms with van der Waals surface area (Å²) in [5, 5.41) is 5.23. The number of carbonyl (C=O) groups is 3. The van der Waals surface area contributed by atoms with E-state index in [4.69, 9.17) is 4.74 Å². The number of amides is 2. The van der Waals surface area contributed by atoms with E-state index in [1.165, 1.54) is 12.1 Å². The third-order valence-corrected chi connectivity index (χ3v) is 3.78. The minimum Gasteiger partial charge on any atom is -0.464 e. The van der Waals surface area contributed by atoms with Crippen molar-refractivity contribution in [2.45, 2.75) is 45.1 Å². The molecule has 1 saturated heterocycles. The van der Waals surface area contributed by atoms with E-state index in [2.05, 4.69) is 5.10 Å². The number of hydrazone groups is 1. The van der Waals surface area contributed by atoms with Crippen molar-refractivity contribution in [1.29, 1.82) is 0 Å². The van der Waals surface area contributed by atoms with E-state index in [1.54, 1.807) is 11.8 Å². The molecular weight excluding hydrogens is 274 g/mol. The van der Waals surface area contributed by atoms with E-state index in [0.29, 0.717) is 31.7 Å². The molecule has 1 atom stereocenters. The lowest BCUT2D eigenvalue weighted by Gasteiger charge is -2.34. The van der Waals surface area contributed by atoms with Gasteiger partial charge in [-0.3, -0.25) is 9.59 Å². The summed E-state index contributed by atoms with van der Waals surface area (Å²) in [4.78, 5) is 37.5. The van der Waals surface area contributed by atoms with Crippen molar-refractivity contribution in [2.75, 3.05) is 20.2 Å². The topological polar surface area (TPSA) is 79.3 Å². The molecule has 116 valence electrons. The molecule has 21 heavy (non-hydrogen) atoms. The molecule has 0 aromatic heterocycles. The number of hydrogen-bond acceptors (Lipinski definition) is 5. The third-order valence-electron chi connectivity index (χ3n) is 3.78.